The lowest BCUT2D eigenvalue weighted by Gasteiger charge is -2.34. The summed E-state index contributed by atoms with van der Waals surface area (Å²) in [6.07, 6.45) is 2.66. The van der Waals surface area contributed by atoms with Gasteiger partial charge in [-0.25, -0.2) is 4.79 Å². The number of likely N-dealkylation sites (tertiary alicyclic amines) is 1. The molecule has 1 aromatic rings. The molecular weight excluding hydrogens is 250 g/mol. The molecule has 1 amide bonds. The summed E-state index contributed by atoms with van der Waals surface area (Å²) in [5.41, 5.74) is -0.849. The average molecular weight is 267 g/mol. The van der Waals surface area contributed by atoms with Gasteiger partial charge in [0, 0.05) is 18.3 Å². The molecule has 1 saturated heterocycles. The topological polar surface area (TPSA) is 106 Å². The highest BCUT2D eigenvalue weighted by Gasteiger charge is 2.26. The molecule has 104 valence electrons. The highest BCUT2D eigenvalue weighted by Crippen LogP contribution is 2.17. The van der Waals surface area contributed by atoms with Gasteiger partial charge in [0.25, 0.3) is 5.56 Å². The maximum Gasteiger partial charge on any atom is 0.325 e. The number of aromatic nitrogens is 2. The third kappa shape index (κ3) is 3.31. The van der Waals surface area contributed by atoms with E-state index >= 15 is 0 Å². The van der Waals surface area contributed by atoms with Crippen LogP contribution in [0.1, 0.15) is 25.0 Å². The van der Waals surface area contributed by atoms with Crippen LogP contribution >= 0.6 is 0 Å². The van der Waals surface area contributed by atoms with Gasteiger partial charge in [0.2, 0.25) is 5.91 Å². The van der Waals surface area contributed by atoms with E-state index in [4.69, 9.17) is 0 Å². The first-order valence-corrected chi connectivity index (χ1v) is 6.33. The molecular formula is C12H17N3O4. The number of H-pyrrole nitrogens is 2. The van der Waals surface area contributed by atoms with Crippen LogP contribution in [0.3, 0.4) is 0 Å². The molecule has 2 heterocycles. The van der Waals surface area contributed by atoms with Crippen molar-refractivity contribution in [2.24, 2.45) is 0 Å². The molecule has 7 heteroatoms. The van der Waals surface area contributed by atoms with Crippen molar-refractivity contribution in [1.29, 1.82) is 0 Å². The highest BCUT2D eigenvalue weighted by atomic mass is 16.3. The largest absolute Gasteiger partial charge is 0.394 e. The number of piperidine rings is 1. The van der Waals surface area contributed by atoms with Crippen LogP contribution in [0.5, 0.6) is 0 Å². The van der Waals surface area contributed by atoms with E-state index in [0.717, 1.165) is 19.3 Å². The summed E-state index contributed by atoms with van der Waals surface area (Å²) in [5.74, 6) is -0.181. The summed E-state index contributed by atoms with van der Waals surface area (Å²) < 4.78 is 0. The number of aliphatic hydroxyl groups excluding tert-OH is 1. The number of amides is 1. The van der Waals surface area contributed by atoms with Gasteiger partial charge >= 0.3 is 5.69 Å². The maximum atomic E-state index is 12.1. The van der Waals surface area contributed by atoms with Crippen LogP contribution in [0.15, 0.2) is 15.7 Å². The third-order valence-electron chi connectivity index (χ3n) is 3.32. The summed E-state index contributed by atoms with van der Waals surface area (Å²) in [4.78, 5) is 40.5. The van der Waals surface area contributed by atoms with Crippen LogP contribution in [0.2, 0.25) is 0 Å². The van der Waals surface area contributed by atoms with E-state index in [1.54, 1.807) is 4.90 Å². The molecule has 1 aliphatic heterocycles. The Morgan fingerprint density at radius 2 is 2.16 bits per heavy atom. The van der Waals surface area contributed by atoms with Gasteiger partial charge in [-0.15, -0.1) is 0 Å². The minimum Gasteiger partial charge on any atom is -0.394 e. The van der Waals surface area contributed by atoms with Crippen molar-refractivity contribution in [3.63, 3.8) is 0 Å². The molecule has 1 atom stereocenters. The number of aliphatic hydroxyl groups is 1. The standard InChI is InChI=1S/C12H17N3O4/c16-7-9-3-1-2-4-15(9)11(18)6-8-5-10(17)14-12(19)13-8/h5,9,16H,1-4,6-7H2,(H2,13,14,17,19). The minimum absolute atomic E-state index is 0.0321. The third-order valence-corrected chi connectivity index (χ3v) is 3.32. The van der Waals surface area contributed by atoms with Gasteiger partial charge in [-0.3, -0.25) is 14.6 Å². The van der Waals surface area contributed by atoms with Crippen LogP contribution in [0, 0.1) is 0 Å². The molecule has 0 aromatic carbocycles. The first-order chi connectivity index (χ1) is 9.10. The van der Waals surface area contributed by atoms with Gasteiger partial charge in [-0.1, -0.05) is 0 Å². The van der Waals surface area contributed by atoms with Gasteiger partial charge in [0.15, 0.2) is 0 Å². The number of hydrogen-bond acceptors (Lipinski definition) is 4. The first kappa shape index (κ1) is 13.5. The number of carbonyl (C=O) groups is 1. The summed E-state index contributed by atoms with van der Waals surface area (Å²) in [7, 11) is 0. The number of carbonyl (C=O) groups excluding carboxylic acids is 1. The molecule has 1 fully saturated rings. The number of nitrogens with one attached hydrogen (secondary N) is 2. The lowest BCUT2D eigenvalue weighted by atomic mass is 10.0. The first-order valence-electron chi connectivity index (χ1n) is 6.33. The molecule has 0 saturated carbocycles. The van der Waals surface area contributed by atoms with Crippen molar-refractivity contribution >= 4 is 5.91 Å². The van der Waals surface area contributed by atoms with Crippen LogP contribution < -0.4 is 11.2 Å². The van der Waals surface area contributed by atoms with Gasteiger partial charge in [0.1, 0.15) is 0 Å². The normalized spacial score (nSPS) is 19.4. The molecule has 0 spiro atoms. The SMILES string of the molecule is O=C(Cc1cc(=O)[nH]c(=O)[nH]1)N1CCCCC1CO. The van der Waals surface area contributed by atoms with Crippen molar-refractivity contribution in [1.82, 2.24) is 14.9 Å². The zero-order valence-corrected chi connectivity index (χ0v) is 10.5. The van der Waals surface area contributed by atoms with Gasteiger partial charge in [0.05, 0.1) is 19.1 Å². The molecule has 0 aliphatic carbocycles. The molecule has 19 heavy (non-hydrogen) atoms. The molecule has 1 aliphatic rings. The molecule has 3 N–H and O–H groups in total. The van der Waals surface area contributed by atoms with Gasteiger partial charge in [-0.05, 0) is 19.3 Å². The Morgan fingerprint density at radius 3 is 2.84 bits per heavy atom. The zero-order valence-electron chi connectivity index (χ0n) is 10.5. The van der Waals surface area contributed by atoms with Crippen molar-refractivity contribution in [3.05, 3.63) is 32.6 Å². The van der Waals surface area contributed by atoms with Crippen molar-refractivity contribution in [2.45, 2.75) is 31.7 Å². The lowest BCUT2D eigenvalue weighted by molar-refractivity contribution is -0.135. The maximum absolute atomic E-state index is 12.1. The summed E-state index contributed by atoms with van der Waals surface area (Å²) in [6, 6.07) is 1.05. The fourth-order valence-electron chi connectivity index (χ4n) is 2.40. The number of nitrogens with zero attached hydrogens (tertiary/aromatic N) is 1. The van der Waals surface area contributed by atoms with E-state index < -0.39 is 11.2 Å². The van der Waals surface area contributed by atoms with E-state index in [0.29, 0.717) is 12.2 Å². The Balaban J connectivity index is 2.11. The van der Waals surface area contributed by atoms with E-state index in [2.05, 4.69) is 9.97 Å². The Hall–Kier alpha value is -1.89. The Labute approximate surface area is 109 Å². The van der Waals surface area contributed by atoms with Gasteiger partial charge < -0.3 is 15.0 Å². The second kappa shape index (κ2) is 5.83. The molecule has 0 bridgehead atoms. The number of aromatic amines is 2. The van der Waals surface area contributed by atoms with Crippen molar-refractivity contribution < 1.29 is 9.90 Å². The Kier molecular flexibility index (Phi) is 4.16. The van der Waals surface area contributed by atoms with Crippen molar-refractivity contribution in [2.75, 3.05) is 13.2 Å². The fourth-order valence-corrected chi connectivity index (χ4v) is 2.40. The van der Waals surface area contributed by atoms with Crippen LogP contribution in [-0.2, 0) is 11.2 Å². The van der Waals surface area contributed by atoms with Gasteiger partial charge in [-0.2, -0.15) is 0 Å². The highest BCUT2D eigenvalue weighted by molar-refractivity contribution is 5.78. The fraction of sp³-hybridized carbons (Fsp3) is 0.583. The second-order valence-electron chi connectivity index (χ2n) is 4.71. The van der Waals surface area contributed by atoms with Crippen LogP contribution in [0.4, 0.5) is 0 Å². The molecule has 0 radical (unpaired) electrons. The van der Waals surface area contributed by atoms with E-state index in [-0.39, 0.29) is 25.0 Å². The van der Waals surface area contributed by atoms with Crippen LogP contribution in [0.25, 0.3) is 0 Å². The monoisotopic (exact) mass is 267 g/mol. The average Bonchev–Trinajstić information content (AvgIpc) is 2.37. The predicted molar refractivity (Wildman–Crippen MR) is 67.8 cm³/mol. The quantitative estimate of drug-likeness (QED) is 0.651. The molecule has 1 aromatic heterocycles. The molecule has 7 nitrogen and oxygen atoms in total. The van der Waals surface area contributed by atoms with E-state index in [1.807, 2.05) is 0 Å². The van der Waals surface area contributed by atoms with E-state index in [9.17, 15) is 19.5 Å². The summed E-state index contributed by atoms with van der Waals surface area (Å²) in [5, 5.41) is 9.26. The van der Waals surface area contributed by atoms with Crippen molar-refractivity contribution in [3.8, 4) is 0 Å². The summed E-state index contributed by atoms with van der Waals surface area (Å²) in [6.45, 7) is 0.551. The van der Waals surface area contributed by atoms with E-state index in [1.165, 1.54) is 6.07 Å². The zero-order chi connectivity index (χ0) is 13.8. The summed E-state index contributed by atoms with van der Waals surface area (Å²) >= 11 is 0. The Bertz CT molecular complexity index is 534. The minimum atomic E-state index is -0.618. The number of rotatable bonds is 3. The molecule has 2 rings (SSSR count). The predicted octanol–water partition coefficient (Wildman–Crippen LogP) is -1.02. The second-order valence-corrected chi connectivity index (χ2v) is 4.71. The molecule has 1 unspecified atom stereocenters. The smallest absolute Gasteiger partial charge is 0.325 e. The Morgan fingerprint density at radius 1 is 1.37 bits per heavy atom. The van der Waals surface area contributed by atoms with Crippen LogP contribution in [-0.4, -0.2) is 45.1 Å². The lowest BCUT2D eigenvalue weighted by Crippen LogP contribution is -2.46. The number of hydrogen-bond donors (Lipinski definition) is 3.